The van der Waals surface area contributed by atoms with Crippen LogP contribution in [0, 0.1) is 0 Å². The number of carbonyl (C=O) groups is 1. The molecule has 29 heavy (non-hydrogen) atoms. The summed E-state index contributed by atoms with van der Waals surface area (Å²) in [4.78, 5) is 18.2. The molecule has 1 heterocycles. The standard InChI is InChI=1S/C24H24N2O2S/c1-25-23(29)24(19-15-18-11-5-6-12-20(18)26-16-19)14-8-7-13-21(24)28-22(27)17-9-3-2-4-10-17/h2-6,9-12,15-16,21H,7-8,13-14H2,1H3,(H,25,29)/t21-,24+/m0/s1. The third-order valence-corrected chi connectivity index (χ3v) is 6.40. The number of nitrogens with zero attached hydrogens (tertiary/aromatic N) is 1. The van der Waals surface area contributed by atoms with Gasteiger partial charge in [0.25, 0.3) is 0 Å². The minimum absolute atomic E-state index is 0.311. The van der Waals surface area contributed by atoms with E-state index in [1.54, 1.807) is 12.1 Å². The monoisotopic (exact) mass is 404 g/mol. The van der Waals surface area contributed by atoms with E-state index >= 15 is 0 Å². The first-order valence-electron chi connectivity index (χ1n) is 9.98. The summed E-state index contributed by atoms with van der Waals surface area (Å²) in [6.45, 7) is 0. The fourth-order valence-electron chi connectivity index (χ4n) is 4.33. The quantitative estimate of drug-likeness (QED) is 0.499. The lowest BCUT2D eigenvalue weighted by atomic mass is 9.67. The van der Waals surface area contributed by atoms with E-state index in [1.807, 2.05) is 49.6 Å². The minimum Gasteiger partial charge on any atom is -0.457 e. The van der Waals surface area contributed by atoms with Gasteiger partial charge in [0.05, 0.1) is 21.5 Å². The molecule has 2 aromatic carbocycles. The number of ether oxygens (including phenoxy) is 1. The lowest BCUT2D eigenvalue weighted by Gasteiger charge is -2.44. The lowest BCUT2D eigenvalue weighted by Crippen LogP contribution is -2.53. The molecule has 0 bridgehead atoms. The molecule has 4 rings (SSSR count). The number of likely N-dealkylation sites (N-methyl/N-ethyl adjacent to an activating group) is 1. The van der Waals surface area contributed by atoms with Gasteiger partial charge in [-0.05, 0) is 49.1 Å². The molecule has 0 amide bonds. The zero-order chi connectivity index (χ0) is 20.3. The van der Waals surface area contributed by atoms with Gasteiger partial charge >= 0.3 is 5.97 Å². The fraction of sp³-hybridized carbons (Fsp3) is 0.292. The number of benzene rings is 2. The molecule has 0 radical (unpaired) electrons. The summed E-state index contributed by atoms with van der Waals surface area (Å²) in [6.07, 6.45) is 5.16. The Morgan fingerprint density at radius 2 is 1.90 bits per heavy atom. The highest BCUT2D eigenvalue weighted by molar-refractivity contribution is 7.80. The Morgan fingerprint density at radius 1 is 1.14 bits per heavy atom. The van der Waals surface area contributed by atoms with Crippen LogP contribution in [0.2, 0.25) is 0 Å². The Labute approximate surface area is 176 Å². The minimum atomic E-state index is -0.580. The molecule has 0 unspecified atom stereocenters. The van der Waals surface area contributed by atoms with Crippen LogP contribution >= 0.6 is 12.2 Å². The zero-order valence-corrected chi connectivity index (χ0v) is 17.2. The van der Waals surface area contributed by atoms with Crippen molar-refractivity contribution in [1.82, 2.24) is 10.3 Å². The molecule has 1 aliphatic carbocycles. The van der Waals surface area contributed by atoms with Crippen molar-refractivity contribution in [1.29, 1.82) is 0 Å². The molecule has 1 saturated carbocycles. The predicted octanol–water partition coefficient (Wildman–Crippen LogP) is 4.82. The van der Waals surface area contributed by atoms with E-state index in [2.05, 4.69) is 22.4 Å². The predicted molar refractivity (Wildman–Crippen MR) is 119 cm³/mol. The Hall–Kier alpha value is -2.79. The molecule has 4 nitrogen and oxygen atoms in total. The highest BCUT2D eigenvalue weighted by atomic mass is 32.1. The summed E-state index contributed by atoms with van der Waals surface area (Å²) >= 11 is 5.81. The Kier molecular flexibility index (Phi) is 5.58. The molecular weight excluding hydrogens is 380 g/mol. The van der Waals surface area contributed by atoms with Crippen molar-refractivity contribution in [3.05, 3.63) is 78.0 Å². The second-order valence-corrected chi connectivity index (χ2v) is 7.88. The third-order valence-electron chi connectivity index (χ3n) is 5.83. The van der Waals surface area contributed by atoms with Crippen molar-refractivity contribution in [3.8, 4) is 0 Å². The molecule has 2 atom stereocenters. The number of hydrogen-bond donors (Lipinski definition) is 1. The molecular formula is C24H24N2O2S. The van der Waals surface area contributed by atoms with E-state index < -0.39 is 5.41 Å². The van der Waals surface area contributed by atoms with Gasteiger partial charge in [0, 0.05) is 18.6 Å². The number of pyridine rings is 1. The summed E-state index contributed by atoms with van der Waals surface area (Å²) < 4.78 is 6.09. The van der Waals surface area contributed by atoms with E-state index in [0.29, 0.717) is 10.6 Å². The summed E-state index contributed by atoms with van der Waals surface area (Å²) in [7, 11) is 1.84. The lowest BCUT2D eigenvalue weighted by molar-refractivity contribution is 0.00433. The van der Waals surface area contributed by atoms with Crippen LogP contribution < -0.4 is 5.32 Å². The van der Waals surface area contributed by atoms with Gasteiger partial charge < -0.3 is 10.1 Å². The maximum atomic E-state index is 12.9. The van der Waals surface area contributed by atoms with Crippen LogP contribution in [-0.2, 0) is 10.2 Å². The number of rotatable bonds is 4. The van der Waals surface area contributed by atoms with E-state index in [0.717, 1.165) is 42.1 Å². The number of para-hydroxylation sites is 1. The van der Waals surface area contributed by atoms with Gasteiger partial charge in [0.15, 0.2) is 0 Å². The largest absolute Gasteiger partial charge is 0.457 e. The molecule has 0 aliphatic heterocycles. The summed E-state index contributed by atoms with van der Waals surface area (Å²) in [5, 5.41) is 4.23. The topological polar surface area (TPSA) is 51.2 Å². The molecule has 3 aromatic rings. The van der Waals surface area contributed by atoms with Crippen molar-refractivity contribution < 1.29 is 9.53 Å². The van der Waals surface area contributed by atoms with Gasteiger partial charge in [-0.3, -0.25) is 4.98 Å². The maximum absolute atomic E-state index is 12.9. The number of nitrogens with one attached hydrogen (secondary N) is 1. The Morgan fingerprint density at radius 3 is 2.69 bits per heavy atom. The van der Waals surface area contributed by atoms with Gasteiger partial charge in [-0.1, -0.05) is 55.0 Å². The number of esters is 1. The molecule has 148 valence electrons. The number of hydrogen-bond acceptors (Lipinski definition) is 4. The van der Waals surface area contributed by atoms with Crippen LogP contribution in [0.15, 0.2) is 66.9 Å². The first-order valence-corrected chi connectivity index (χ1v) is 10.4. The van der Waals surface area contributed by atoms with Crippen molar-refractivity contribution in [3.63, 3.8) is 0 Å². The highest BCUT2D eigenvalue weighted by Gasteiger charge is 2.48. The molecule has 1 N–H and O–H groups in total. The average Bonchev–Trinajstić information content (AvgIpc) is 2.79. The average molecular weight is 405 g/mol. The van der Waals surface area contributed by atoms with Crippen molar-refractivity contribution in [2.24, 2.45) is 0 Å². The molecule has 1 aromatic heterocycles. The van der Waals surface area contributed by atoms with Crippen LogP contribution in [0.25, 0.3) is 10.9 Å². The smallest absolute Gasteiger partial charge is 0.338 e. The third kappa shape index (κ3) is 3.62. The number of thiocarbonyl (C=S) groups is 1. The highest BCUT2D eigenvalue weighted by Crippen LogP contribution is 2.43. The zero-order valence-electron chi connectivity index (χ0n) is 16.4. The van der Waals surface area contributed by atoms with Gasteiger partial charge in [-0.25, -0.2) is 4.79 Å². The second kappa shape index (κ2) is 8.29. The summed E-state index contributed by atoms with van der Waals surface area (Å²) in [5.74, 6) is -0.311. The molecule has 1 fully saturated rings. The molecule has 1 aliphatic rings. The molecule has 0 spiro atoms. The van der Waals surface area contributed by atoms with Gasteiger partial charge in [-0.2, -0.15) is 0 Å². The van der Waals surface area contributed by atoms with E-state index in [9.17, 15) is 4.79 Å². The van der Waals surface area contributed by atoms with E-state index in [4.69, 9.17) is 17.0 Å². The number of carbonyl (C=O) groups excluding carboxylic acids is 1. The van der Waals surface area contributed by atoms with Crippen molar-refractivity contribution in [2.75, 3.05) is 7.05 Å². The van der Waals surface area contributed by atoms with Crippen LogP contribution in [0.1, 0.15) is 41.6 Å². The Balaban J connectivity index is 1.77. The summed E-state index contributed by atoms with van der Waals surface area (Å²) in [5.41, 5.74) is 1.92. The fourth-order valence-corrected chi connectivity index (χ4v) is 4.68. The Bertz CT molecular complexity index is 1040. The summed E-state index contributed by atoms with van der Waals surface area (Å²) in [6, 6.07) is 19.3. The normalized spacial score (nSPS) is 21.5. The SMILES string of the molecule is CNC(=S)[C@@]1(c2cnc3ccccc3c2)CCCC[C@@H]1OC(=O)c1ccccc1. The molecule has 0 saturated heterocycles. The van der Waals surface area contributed by atoms with Gasteiger partial charge in [0.1, 0.15) is 6.10 Å². The van der Waals surface area contributed by atoms with E-state index in [-0.39, 0.29) is 12.1 Å². The van der Waals surface area contributed by atoms with Crippen LogP contribution in [0.5, 0.6) is 0 Å². The van der Waals surface area contributed by atoms with E-state index in [1.165, 1.54) is 0 Å². The number of aromatic nitrogens is 1. The van der Waals surface area contributed by atoms with Gasteiger partial charge in [-0.15, -0.1) is 0 Å². The van der Waals surface area contributed by atoms with Crippen molar-refractivity contribution in [2.45, 2.75) is 37.2 Å². The van der Waals surface area contributed by atoms with Gasteiger partial charge in [0.2, 0.25) is 0 Å². The van der Waals surface area contributed by atoms with Crippen LogP contribution in [0.4, 0.5) is 0 Å². The van der Waals surface area contributed by atoms with Crippen LogP contribution in [0.3, 0.4) is 0 Å². The van der Waals surface area contributed by atoms with Crippen LogP contribution in [-0.4, -0.2) is 29.1 Å². The number of fused-ring (bicyclic) bond motifs is 1. The first-order chi connectivity index (χ1) is 14.1. The first kappa shape index (κ1) is 19.5. The maximum Gasteiger partial charge on any atom is 0.338 e. The van der Waals surface area contributed by atoms with Crippen molar-refractivity contribution >= 4 is 34.1 Å². The molecule has 5 heteroatoms. The second-order valence-electron chi connectivity index (χ2n) is 7.47.